The molecule has 2 aliphatic heterocycles. The first-order valence-corrected chi connectivity index (χ1v) is 16.4. The van der Waals surface area contributed by atoms with E-state index in [1.807, 2.05) is 24.3 Å². The van der Waals surface area contributed by atoms with Crippen LogP contribution in [0, 0.1) is 23.2 Å². The number of carbonyl (C=O) groups excluding carboxylic acids is 3. The Labute approximate surface area is 270 Å². The number of likely N-dealkylation sites (tertiary alicyclic amines) is 1. The van der Waals surface area contributed by atoms with Crippen LogP contribution in [0.3, 0.4) is 0 Å². The number of hydrogen-bond donors (Lipinski definition) is 1. The Hall–Kier alpha value is -2.87. The van der Waals surface area contributed by atoms with Gasteiger partial charge in [0.2, 0.25) is 11.8 Å². The summed E-state index contributed by atoms with van der Waals surface area (Å²) < 4.78 is 12.1. The molecule has 5 rings (SSSR count). The van der Waals surface area contributed by atoms with E-state index in [1.54, 1.807) is 23.1 Å². The molecule has 3 aliphatic rings. The summed E-state index contributed by atoms with van der Waals surface area (Å²) in [5, 5.41) is 3.92. The monoisotopic (exact) mass is 640 g/mol. The van der Waals surface area contributed by atoms with Crippen LogP contribution in [0.1, 0.15) is 63.5 Å². The van der Waals surface area contributed by atoms with Crippen molar-refractivity contribution in [2.45, 2.75) is 77.5 Å². The Kier molecular flexibility index (Phi) is 10.4. The van der Waals surface area contributed by atoms with Gasteiger partial charge >= 0.3 is 5.97 Å². The Bertz CT molecular complexity index is 1390. The maximum absolute atomic E-state index is 14.3. The van der Waals surface area contributed by atoms with Gasteiger partial charge in [0.25, 0.3) is 0 Å². The number of nitrogens with zero attached hydrogens (tertiary/aromatic N) is 1. The number of rotatable bonds is 12. The van der Waals surface area contributed by atoms with E-state index in [-0.39, 0.29) is 49.1 Å². The topological polar surface area (TPSA) is 84.9 Å². The van der Waals surface area contributed by atoms with Gasteiger partial charge in [-0.25, -0.2) is 0 Å². The molecule has 4 atom stereocenters. The van der Waals surface area contributed by atoms with Gasteiger partial charge in [0, 0.05) is 34.6 Å². The first-order chi connectivity index (χ1) is 21.1. The lowest BCUT2D eigenvalue weighted by Gasteiger charge is -2.53. The number of ether oxygens (including phenoxy) is 2. The molecule has 2 heterocycles. The van der Waals surface area contributed by atoms with Crippen LogP contribution in [-0.2, 0) is 36.8 Å². The number of esters is 1. The summed E-state index contributed by atoms with van der Waals surface area (Å²) in [5.41, 5.74) is 1.35. The quantitative estimate of drug-likeness (QED) is 0.205. The SMILES string of the molecule is COC(=O)[C@]12C[C@H](CC(=O)NCCCCc3ccccc3)C(=O)N(Cc3ccc(Cl)cc3Cl)C1=C[C@H](C(C)C)O[C@@H]2C1CC1. The third kappa shape index (κ3) is 7.00. The van der Waals surface area contributed by atoms with Gasteiger partial charge in [-0.1, -0.05) is 73.4 Å². The number of nitrogens with one attached hydrogen (secondary N) is 1. The van der Waals surface area contributed by atoms with Crippen molar-refractivity contribution in [2.75, 3.05) is 13.7 Å². The minimum absolute atomic E-state index is 0.0284. The van der Waals surface area contributed by atoms with Gasteiger partial charge < -0.3 is 19.7 Å². The smallest absolute Gasteiger partial charge is 0.320 e. The lowest BCUT2D eigenvalue weighted by molar-refractivity contribution is -0.182. The Morgan fingerprint density at radius 3 is 2.52 bits per heavy atom. The molecule has 1 aliphatic carbocycles. The second kappa shape index (κ2) is 14.1. The third-order valence-corrected chi connectivity index (χ3v) is 9.72. The zero-order valence-corrected chi connectivity index (χ0v) is 27.2. The van der Waals surface area contributed by atoms with Gasteiger partial charge in [-0.05, 0) is 79.7 Å². The number of methoxy groups -OCH3 is 1. The molecule has 7 nitrogen and oxygen atoms in total. The molecule has 0 aromatic heterocycles. The fourth-order valence-corrected chi connectivity index (χ4v) is 7.12. The Morgan fingerprint density at radius 1 is 1.11 bits per heavy atom. The summed E-state index contributed by atoms with van der Waals surface area (Å²) in [6.45, 7) is 4.79. The summed E-state index contributed by atoms with van der Waals surface area (Å²) in [5.74, 6) is -1.29. The average Bonchev–Trinajstić information content (AvgIpc) is 3.85. The number of amides is 2. The fourth-order valence-electron chi connectivity index (χ4n) is 6.65. The molecule has 0 radical (unpaired) electrons. The molecule has 1 N–H and O–H groups in total. The Balaban J connectivity index is 1.41. The largest absolute Gasteiger partial charge is 0.468 e. The van der Waals surface area contributed by atoms with E-state index in [0.717, 1.165) is 32.1 Å². The van der Waals surface area contributed by atoms with Crippen LogP contribution in [-0.4, -0.2) is 48.5 Å². The summed E-state index contributed by atoms with van der Waals surface area (Å²) in [6, 6.07) is 15.4. The molecule has 2 fully saturated rings. The van der Waals surface area contributed by atoms with Gasteiger partial charge in [0.05, 0.1) is 25.9 Å². The van der Waals surface area contributed by atoms with Crippen LogP contribution in [0.25, 0.3) is 0 Å². The molecule has 2 aromatic carbocycles. The van der Waals surface area contributed by atoms with Gasteiger partial charge in [-0.2, -0.15) is 0 Å². The molecule has 2 aromatic rings. The predicted octanol–water partition coefficient (Wildman–Crippen LogP) is 6.75. The molecule has 44 heavy (non-hydrogen) atoms. The first kappa shape index (κ1) is 32.5. The molecule has 0 bridgehead atoms. The predicted molar refractivity (Wildman–Crippen MR) is 171 cm³/mol. The van der Waals surface area contributed by atoms with Gasteiger partial charge in [-0.3, -0.25) is 14.4 Å². The Morgan fingerprint density at radius 2 is 1.86 bits per heavy atom. The van der Waals surface area contributed by atoms with Gasteiger partial charge in [0.15, 0.2) is 0 Å². The zero-order chi connectivity index (χ0) is 31.4. The number of benzene rings is 2. The highest BCUT2D eigenvalue weighted by atomic mass is 35.5. The molecule has 9 heteroatoms. The highest BCUT2D eigenvalue weighted by Gasteiger charge is 2.63. The van der Waals surface area contributed by atoms with Crippen LogP contribution in [0.15, 0.2) is 60.3 Å². The van der Waals surface area contributed by atoms with E-state index in [1.165, 1.54) is 12.7 Å². The molecule has 236 valence electrons. The number of unbranched alkanes of at least 4 members (excludes halogenated alkanes) is 1. The second-order valence-corrected chi connectivity index (χ2v) is 13.5. The number of carbonyl (C=O) groups is 3. The van der Waals surface area contributed by atoms with E-state index in [0.29, 0.717) is 27.9 Å². The van der Waals surface area contributed by atoms with Gasteiger partial charge in [0.1, 0.15) is 5.41 Å². The van der Waals surface area contributed by atoms with E-state index < -0.39 is 23.4 Å². The van der Waals surface area contributed by atoms with Crippen molar-refractivity contribution in [3.63, 3.8) is 0 Å². The maximum atomic E-state index is 14.3. The normalized spacial score (nSPS) is 25.0. The average molecular weight is 642 g/mol. The standard InChI is InChI=1S/C35H42Cl2N2O5/c1-22(2)29-19-30-35(34(42)43-3,32(44-29)24-12-13-24)20-26(33(41)39(30)21-25-14-15-27(36)18-28(25)37)17-31(40)38-16-8-7-11-23-9-5-4-6-10-23/h4-6,9-10,14-15,18-19,22,24,26,29,32H,7-8,11-13,16-17,20-21H2,1-3H3,(H,38,40)/t26-,29+,32+,35+/m0/s1. The summed E-state index contributed by atoms with van der Waals surface area (Å²) in [6.07, 6.45) is 5.90. The van der Waals surface area contributed by atoms with E-state index >= 15 is 0 Å². The maximum Gasteiger partial charge on any atom is 0.320 e. The molecular weight excluding hydrogens is 599 g/mol. The molecule has 1 saturated heterocycles. The number of halogens is 2. The molecular formula is C35H42Cl2N2O5. The molecule has 0 spiro atoms. The first-order valence-electron chi connectivity index (χ1n) is 15.7. The summed E-state index contributed by atoms with van der Waals surface area (Å²) >= 11 is 12.8. The van der Waals surface area contributed by atoms with Crippen molar-refractivity contribution >= 4 is 41.0 Å². The van der Waals surface area contributed by atoms with E-state index in [2.05, 4.69) is 31.3 Å². The van der Waals surface area contributed by atoms with Crippen LogP contribution < -0.4 is 5.32 Å². The minimum atomic E-state index is -1.21. The lowest BCUT2D eigenvalue weighted by atomic mass is 9.64. The second-order valence-electron chi connectivity index (χ2n) is 12.7. The molecule has 1 saturated carbocycles. The molecule has 0 unspecified atom stereocenters. The highest BCUT2D eigenvalue weighted by Crippen LogP contribution is 2.56. The van der Waals surface area contributed by atoms with Crippen molar-refractivity contribution in [1.82, 2.24) is 10.2 Å². The number of fused-ring (bicyclic) bond motifs is 1. The highest BCUT2D eigenvalue weighted by molar-refractivity contribution is 6.35. The minimum Gasteiger partial charge on any atom is -0.468 e. The van der Waals surface area contributed by atoms with Crippen LogP contribution in [0.2, 0.25) is 10.0 Å². The van der Waals surface area contributed by atoms with Crippen molar-refractivity contribution in [2.24, 2.45) is 23.2 Å². The molecule has 2 amide bonds. The third-order valence-electron chi connectivity index (χ3n) is 9.13. The summed E-state index contributed by atoms with van der Waals surface area (Å²) in [4.78, 5) is 43.1. The zero-order valence-electron chi connectivity index (χ0n) is 25.7. The van der Waals surface area contributed by atoms with Crippen LogP contribution in [0.5, 0.6) is 0 Å². The van der Waals surface area contributed by atoms with Crippen molar-refractivity contribution < 1.29 is 23.9 Å². The lowest BCUT2D eigenvalue weighted by Crippen LogP contribution is -2.61. The van der Waals surface area contributed by atoms with Crippen LogP contribution >= 0.6 is 23.2 Å². The number of piperidine rings is 1. The van der Waals surface area contributed by atoms with Crippen LogP contribution in [0.4, 0.5) is 0 Å². The van der Waals surface area contributed by atoms with Crippen molar-refractivity contribution in [3.05, 3.63) is 81.5 Å². The van der Waals surface area contributed by atoms with E-state index in [4.69, 9.17) is 32.7 Å². The van der Waals surface area contributed by atoms with Crippen molar-refractivity contribution in [1.29, 1.82) is 0 Å². The fraction of sp³-hybridized carbons (Fsp3) is 0.514. The van der Waals surface area contributed by atoms with Gasteiger partial charge in [-0.15, -0.1) is 0 Å². The van der Waals surface area contributed by atoms with Crippen molar-refractivity contribution in [3.8, 4) is 0 Å². The van der Waals surface area contributed by atoms with E-state index in [9.17, 15) is 14.4 Å². The summed E-state index contributed by atoms with van der Waals surface area (Å²) in [7, 11) is 1.38. The number of hydrogen-bond acceptors (Lipinski definition) is 5. The number of aryl methyl sites for hydroxylation is 1.